The summed E-state index contributed by atoms with van der Waals surface area (Å²) in [7, 11) is -2.15. The van der Waals surface area contributed by atoms with Crippen molar-refractivity contribution in [1.29, 1.82) is 0 Å². The number of hydrogen-bond acceptors (Lipinski definition) is 6. The number of sulfonamides is 1. The molecule has 1 atom stereocenters. The molecule has 5 rings (SSSR count). The fourth-order valence-corrected chi connectivity index (χ4v) is 6.60. The monoisotopic (exact) mass is 563 g/mol. The molecule has 2 aliphatic heterocycles. The zero-order valence-corrected chi connectivity index (χ0v) is 23.2. The first-order chi connectivity index (χ1) is 19.4. The molecule has 1 N–H and O–H groups in total. The Balaban J connectivity index is 1.23. The number of hydrogen-bond donors (Lipinski definition) is 1. The molecule has 2 heterocycles. The molecule has 2 amide bonds. The molecule has 0 radical (unpaired) electrons. The molecule has 1 fully saturated rings. The van der Waals surface area contributed by atoms with Crippen LogP contribution >= 0.6 is 0 Å². The molecule has 3 aromatic rings. The number of nitrogens with zero attached hydrogens (tertiary/aromatic N) is 2. The average molecular weight is 564 g/mol. The summed E-state index contributed by atoms with van der Waals surface area (Å²) in [6.07, 6.45) is 0.630. The molecule has 210 valence electrons. The SMILES string of the molecule is COc1ccc(S(=O)(=O)N2CCC(C(=O)N3CC(C(=O)NCCc4ccccc4)Oc4ccccc43)CC2)cc1. The van der Waals surface area contributed by atoms with E-state index < -0.39 is 16.1 Å². The molecular formula is C30H33N3O6S. The third-order valence-electron chi connectivity index (χ3n) is 7.39. The van der Waals surface area contributed by atoms with Gasteiger partial charge in [-0.05, 0) is 61.2 Å². The molecule has 2 aliphatic rings. The second kappa shape index (κ2) is 12.1. The molecule has 10 heteroatoms. The summed E-state index contributed by atoms with van der Waals surface area (Å²) < 4.78 is 38.8. The lowest BCUT2D eigenvalue weighted by atomic mass is 9.95. The maximum Gasteiger partial charge on any atom is 0.262 e. The summed E-state index contributed by atoms with van der Waals surface area (Å²) >= 11 is 0. The van der Waals surface area contributed by atoms with Crippen molar-refractivity contribution in [2.24, 2.45) is 5.92 Å². The van der Waals surface area contributed by atoms with Crippen LogP contribution in [-0.2, 0) is 26.0 Å². The smallest absolute Gasteiger partial charge is 0.262 e. The van der Waals surface area contributed by atoms with E-state index in [1.807, 2.05) is 36.4 Å². The average Bonchev–Trinajstić information content (AvgIpc) is 3.00. The van der Waals surface area contributed by atoms with Crippen LogP contribution in [0, 0.1) is 5.92 Å². The predicted octanol–water partition coefficient (Wildman–Crippen LogP) is 3.25. The van der Waals surface area contributed by atoms with Gasteiger partial charge in [0.25, 0.3) is 5.91 Å². The fraction of sp³-hybridized carbons (Fsp3) is 0.333. The Labute approximate surface area is 234 Å². The minimum atomic E-state index is -3.68. The Morgan fingerprint density at radius 2 is 1.62 bits per heavy atom. The number of fused-ring (bicyclic) bond motifs is 1. The van der Waals surface area contributed by atoms with Crippen molar-refractivity contribution in [2.75, 3.05) is 38.2 Å². The third-order valence-corrected chi connectivity index (χ3v) is 9.30. The van der Waals surface area contributed by atoms with Crippen LogP contribution in [0.2, 0.25) is 0 Å². The van der Waals surface area contributed by atoms with Gasteiger partial charge in [-0.2, -0.15) is 4.31 Å². The van der Waals surface area contributed by atoms with Crippen LogP contribution in [-0.4, -0.2) is 63.9 Å². The molecule has 9 nitrogen and oxygen atoms in total. The quantitative estimate of drug-likeness (QED) is 0.451. The minimum absolute atomic E-state index is 0.0946. The number of amides is 2. The van der Waals surface area contributed by atoms with Crippen LogP contribution in [0.4, 0.5) is 5.69 Å². The topological polar surface area (TPSA) is 105 Å². The highest BCUT2D eigenvalue weighted by Crippen LogP contribution is 2.36. The molecule has 40 heavy (non-hydrogen) atoms. The summed E-state index contributed by atoms with van der Waals surface area (Å²) in [5.41, 5.74) is 1.74. The Bertz CT molecular complexity index is 1440. The van der Waals surface area contributed by atoms with Gasteiger partial charge in [-0.1, -0.05) is 42.5 Å². The molecular weight excluding hydrogens is 530 g/mol. The maximum atomic E-state index is 13.7. The van der Waals surface area contributed by atoms with Gasteiger partial charge in [-0.3, -0.25) is 9.59 Å². The number of anilines is 1. The van der Waals surface area contributed by atoms with E-state index in [1.165, 1.54) is 23.5 Å². The molecule has 1 saturated heterocycles. The van der Waals surface area contributed by atoms with Gasteiger partial charge in [0.1, 0.15) is 11.5 Å². The second-order valence-corrected chi connectivity index (χ2v) is 11.8. The number of piperidine rings is 1. The first-order valence-electron chi connectivity index (χ1n) is 13.4. The van der Waals surface area contributed by atoms with Crippen LogP contribution in [0.15, 0.2) is 83.8 Å². The Hall–Kier alpha value is -3.89. The minimum Gasteiger partial charge on any atom is -0.497 e. The van der Waals surface area contributed by atoms with Crippen molar-refractivity contribution in [2.45, 2.75) is 30.3 Å². The summed E-state index contributed by atoms with van der Waals surface area (Å²) in [5.74, 6) is 0.292. The van der Waals surface area contributed by atoms with E-state index in [4.69, 9.17) is 9.47 Å². The number of para-hydroxylation sites is 2. The van der Waals surface area contributed by atoms with Crippen LogP contribution in [0.25, 0.3) is 0 Å². The van der Waals surface area contributed by atoms with Gasteiger partial charge in [-0.15, -0.1) is 0 Å². The first kappa shape index (κ1) is 27.7. The Morgan fingerprint density at radius 1 is 0.950 bits per heavy atom. The second-order valence-electron chi connectivity index (χ2n) is 9.90. The van der Waals surface area contributed by atoms with Gasteiger partial charge in [0.15, 0.2) is 6.10 Å². The van der Waals surface area contributed by atoms with E-state index in [1.54, 1.807) is 35.2 Å². The zero-order valence-electron chi connectivity index (χ0n) is 22.4. The molecule has 0 aromatic heterocycles. The van der Waals surface area contributed by atoms with E-state index in [0.717, 1.165) is 5.56 Å². The van der Waals surface area contributed by atoms with E-state index in [-0.39, 0.29) is 42.3 Å². The van der Waals surface area contributed by atoms with Crippen molar-refractivity contribution < 1.29 is 27.5 Å². The van der Waals surface area contributed by atoms with Crippen molar-refractivity contribution in [1.82, 2.24) is 9.62 Å². The standard InChI is InChI=1S/C30H33N3O6S/c1-38-24-11-13-25(14-12-24)40(36,37)32-19-16-23(17-20-32)30(35)33-21-28(39-27-10-6-5-9-26(27)33)29(34)31-18-15-22-7-3-2-4-8-22/h2-14,23,28H,15-21H2,1H3,(H,31,34). The summed E-state index contributed by atoms with van der Waals surface area (Å²) in [6, 6.07) is 23.4. The number of methoxy groups -OCH3 is 1. The van der Waals surface area contributed by atoms with Gasteiger partial charge in [0, 0.05) is 25.6 Å². The Kier molecular flexibility index (Phi) is 8.37. The van der Waals surface area contributed by atoms with E-state index in [9.17, 15) is 18.0 Å². The molecule has 0 spiro atoms. The summed E-state index contributed by atoms with van der Waals surface area (Å²) in [5, 5.41) is 2.93. The lowest BCUT2D eigenvalue weighted by Gasteiger charge is -2.38. The van der Waals surface area contributed by atoms with Gasteiger partial charge in [-0.25, -0.2) is 8.42 Å². The van der Waals surface area contributed by atoms with E-state index in [0.29, 0.717) is 43.0 Å². The van der Waals surface area contributed by atoms with Crippen LogP contribution in [0.5, 0.6) is 11.5 Å². The van der Waals surface area contributed by atoms with Gasteiger partial charge in [0.05, 0.1) is 24.2 Å². The zero-order chi connectivity index (χ0) is 28.1. The Morgan fingerprint density at radius 3 is 2.33 bits per heavy atom. The number of carbonyl (C=O) groups is 2. The number of nitrogens with one attached hydrogen (secondary N) is 1. The highest BCUT2D eigenvalue weighted by atomic mass is 32.2. The lowest BCUT2D eigenvalue weighted by molar-refractivity contribution is -0.129. The van der Waals surface area contributed by atoms with Crippen LogP contribution in [0.3, 0.4) is 0 Å². The molecule has 1 unspecified atom stereocenters. The highest BCUT2D eigenvalue weighted by Gasteiger charge is 2.39. The first-order valence-corrected chi connectivity index (χ1v) is 14.8. The number of benzene rings is 3. The van der Waals surface area contributed by atoms with Gasteiger partial charge < -0.3 is 19.7 Å². The normalized spacial score (nSPS) is 17.9. The van der Waals surface area contributed by atoms with Crippen LogP contribution in [0.1, 0.15) is 18.4 Å². The van der Waals surface area contributed by atoms with Gasteiger partial charge in [0.2, 0.25) is 15.9 Å². The predicted molar refractivity (Wildman–Crippen MR) is 151 cm³/mol. The van der Waals surface area contributed by atoms with Gasteiger partial charge >= 0.3 is 0 Å². The lowest BCUT2D eigenvalue weighted by Crippen LogP contribution is -2.53. The third kappa shape index (κ3) is 5.97. The maximum absolute atomic E-state index is 13.7. The molecule has 3 aromatic carbocycles. The number of rotatable bonds is 8. The van der Waals surface area contributed by atoms with E-state index in [2.05, 4.69) is 5.32 Å². The molecule has 0 bridgehead atoms. The highest BCUT2D eigenvalue weighted by molar-refractivity contribution is 7.89. The van der Waals surface area contributed by atoms with E-state index >= 15 is 0 Å². The molecule has 0 saturated carbocycles. The fourth-order valence-electron chi connectivity index (χ4n) is 5.13. The van der Waals surface area contributed by atoms with Crippen molar-refractivity contribution in [3.8, 4) is 11.5 Å². The van der Waals surface area contributed by atoms with Crippen molar-refractivity contribution >= 4 is 27.5 Å². The van der Waals surface area contributed by atoms with Crippen molar-refractivity contribution in [3.05, 3.63) is 84.4 Å². The molecule has 0 aliphatic carbocycles. The van der Waals surface area contributed by atoms with Crippen LogP contribution < -0.4 is 19.7 Å². The number of carbonyl (C=O) groups excluding carboxylic acids is 2. The van der Waals surface area contributed by atoms with Crippen molar-refractivity contribution in [3.63, 3.8) is 0 Å². The number of ether oxygens (including phenoxy) is 2. The summed E-state index contributed by atoms with van der Waals surface area (Å²) in [4.78, 5) is 28.6. The summed E-state index contributed by atoms with van der Waals surface area (Å²) in [6.45, 7) is 1.02. The largest absolute Gasteiger partial charge is 0.497 e.